The Bertz CT molecular complexity index is 1260. The second kappa shape index (κ2) is 8.53. The van der Waals surface area contributed by atoms with Crippen molar-refractivity contribution in [1.82, 2.24) is 19.7 Å². The Hall–Kier alpha value is -3.21. The Morgan fingerprint density at radius 1 is 1.26 bits per heavy atom. The molecule has 0 spiro atoms. The molecule has 1 unspecified atom stereocenters. The summed E-state index contributed by atoms with van der Waals surface area (Å²) in [6, 6.07) is 3.37. The summed E-state index contributed by atoms with van der Waals surface area (Å²) >= 11 is 0.335. The van der Waals surface area contributed by atoms with Crippen LogP contribution in [0.3, 0.4) is 0 Å². The van der Waals surface area contributed by atoms with Gasteiger partial charge in [-0.15, -0.1) is 11.3 Å². The summed E-state index contributed by atoms with van der Waals surface area (Å²) < 4.78 is 68.0. The molecule has 3 N–H and O–H groups in total. The lowest BCUT2D eigenvalue weighted by Crippen LogP contribution is -2.55. The number of halogens is 5. The molecule has 34 heavy (non-hydrogen) atoms. The van der Waals surface area contributed by atoms with Crippen LogP contribution >= 0.6 is 11.3 Å². The van der Waals surface area contributed by atoms with Gasteiger partial charge in [0.1, 0.15) is 5.75 Å². The van der Waals surface area contributed by atoms with Crippen LogP contribution in [0.2, 0.25) is 0 Å². The fourth-order valence-corrected chi connectivity index (χ4v) is 4.07. The van der Waals surface area contributed by atoms with E-state index in [1.807, 2.05) is 0 Å². The average Bonchev–Trinajstić information content (AvgIpc) is 3.22. The molecule has 1 atom stereocenters. The highest BCUT2D eigenvalue weighted by molar-refractivity contribution is 7.11. The zero-order valence-electron chi connectivity index (χ0n) is 16.6. The Labute approximate surface area is 190 Å². The van der Waals surface area contributed by atoms with Crippen molar-refractivity contribution in [1.29, 1.82) is 0 Å². The second-order valence-corrected chi connectivity index (χ2v) is 8.22. The summed E-state index contributed by atoms with van der Waals surface area (Å²) in [5.74, 6) is -3.58. The molecule has 0 saturated carbocycles. The zero-order chi connectivity index (χ0) is 24.8. The van der Waals surface area contributed by atoms with E-state index in [0.717, 1.165) is 34.1 Å². The lowest BCUT2D eigenvalue weighted by molar-refractivity contribution is -0.239. The molecule has 3 heterocycles. The Morgan fingerprint density at radius 2 is 2.00 bits per heavy atom. The first-order valence-electron chi connectivity index (χ1n) is 9.30. The maximum Gasteiger partial charge on any atom is 0.443 e. The van der Waals surface area contributed by atoms with E-state index in [2.05, 4.69) is 19.8 Å². The predicted octanol–water partition coefficient (Wildman–Crippen LogP) is 1.24. The molecule has 4 rings (SSSR count). The Kier molecular flexibility index (Phi) is 6.01. The number of alkyl halides is 5. The molecule has 0 fully saturated rings. The number of aliphatic hydroxyl groups excluding tert-OH is 1. The number of rotatable bonds is 5. The van der Waals surface area contributed by atoms with Crippen molar-refractivity contribution < 1.29 is 42.0 Å². The van der Waals surface area contributed by atoms with E-state index < -0.39 is 35.5 Å². The molecule has 0 amide bonds. The van der Waals surface area contributed by atoms with Crippen molar-refractivity contribution in [3.8, 4) is 5.75 Å². The van der Waals surface area contributed by atoms with Crippen LogP contribution in [-0.4, -0.2) is 47.9 Å². The van der Waals surface area contributed by atoms with Crippen LogP contribution in [0.5, 0.6) is 5.75 Å². The number of ether oxygens (including phenoxy) is 1. The van der Waals surface area contributed by atoms with Gasteiger partial charge >= 0.3 is 18.5 Å². The number of aromatic nitrogens is 4. The van der Waals surface area contributed by atoms with Crippen molar-refractivity contribution in [2.45, 2.75) is 37.9 Å². The van der Waals surface area contributed by atoms with Gasteiger partial charge < -0.3 is 25.0 Å². The van der Waals surface area contributed by atoms with E-state index >= 15 is 0 Å². The molecule has 3 aromatic rings. The molecule has 16 heteroatoms. The van der Waals surface area contributed by atoms with Gasteiger partial charge in [-0.05, 0) is 17.7 Å². The predicted molar refractivity (Wildman–Crippen MR) is 104 cm³/mol. The Balaban J connectivity index is 1.59. The zero-order valence-corrected chi connectivity index (χ0v) is 17.5. The van der Waals surface area contributed by atoms with Crippen molar-refractivity contribution >= 4 is 17.2 Å². The highest BCUT2D eigenvalue weighted by Crippen LogP contribution is 2.38. The normalized spacial score (nSPS) is 17.7. The molecule has 0 radical (unpaired) electrons. The molecule has 1 aliphatic rings. The van der Waals surface area contributed by atoms with Gasteiger partial charge in [0.2, 0.25) is 5.79 Å². The molecule has 0 aliphatic carbocycles. The third-order valence-electron chi connectivity index (χ3n) is 4.84. The number of hydrogen-bond acceptors (Lipinski definition) is 10. The molecule has 0 saturated heterocycles. The maximum absolute atomic E-state index is 12.7. The summed E-state index contributed by atoms with van der Waals surface area (Å²) in [5.41, 5.74) is -1.08. The molecule has 1 aliphatic heterocycles. The van der Waals surface area contributed by atoms with Crippen molar-refractivity contribution in [2.75, 3.05) is 4.90 Å². The topological polar surface area (TPSA) is 134 Å². The first-order chi connectivity index (χ1) is 15.9. The van der Waals surface area contributed by atoms with Crippen LogP contribution < -0.4 is 15.3 Å². The van der Waals surface area contributed by atoms with Gasteiger partial charge in [0, 0.05) is 23.2 Å². The van der Waals surface area contributed by atoms with Gasteiger partial charge in [0.25, 0.3) is 0 Å². The van der Waals surface area contributed by atoms with Gasteiger partial charge in [-0.25, -0.2) is 14.5 Å². The van der Waals surface area contributed by atoms with Crippen LogP contribution in [0.25, 0.3) is 0 Å². The molecule has 10 nitrogen and oxygen atoms in total. The van der Waals surface area contributed by atoms with E-state index in [0.29, 0.717) is 11.3 Å². The fourth-order valence-electron chi connectivity index (χ4n) is 3.31. The van der Waals surface area contributed by atoms with Gasteiger partial charge in [0.05, 0.1) is 12.7 Å². The van der Waals surface area contributed by atoms with Crippen LogP contribution in [0, 0.1) is 0 Å². The highest BCUT2D eigenvalue weighted by Gasteiger charge is 2.46. The quantitative estimate of drug-likeness (QED) is 0.345. The van der Waals surface area contributed by atoms with Gasteiger partial charge in [-0.2, -0.15) is 32.0 Å². The highest BCUT2D eigenvalue weighted by atomic mass is 32.1. The monoisotopic (exact) mass is 507 g/mol. The number of aliphatic hydroxyl groups is 3. The summed E-state index contributed by atoms with van der Waals surface area (Å²) in [6.07, 6.45) is -4.75. The fraction of sp³-hybridized carbons (Fsp3) is 0.333. The van der Waals surface area contributed by atoms with Gasteiger partial charge in [-0.1, -0.05) is 6.07 Å². The Morgan fingerprint density at radius 3 is 2.62 bits per heavy atom. The molecule has 182 valence electrons. The van der Waals surface area contributed by atoms with Crippen LogP contribution in [0.15, 0.2) is 35.4 Å². The third-order valence-corrected chi connectivity index (χ3v) is 5.87. The van der Waals surface area contributed by atoms with Crippen LogP contribution in [-0.2, 0) is 25.1 Å². The summed E-state index contributed by atoms with van der Waals surface area (Å²) in [6.45, 7) is -3.71. The van der Waals surface area contributed by atoms with Gasteiger partial charge in [-0.3, -0.25) is 0 Å². The van der Waals surface area contributed by atoms with Crippen molar-refractivity contribution in [3.63, 3.8) is 0 Å². The van der Waals surface area contributed by atoms with Gasteiger partial charge in [0.15, 0.2) is 17.1 Å². The average molecular weight is 507 g/mol. The molecule has 0 bridgehead atoms. The van der Waals surface area contributed by atoms with E-state index in [9.17, 15) is 42.1 Å². The minimum absolute atomic E-state index is 0.0926. The SMILES string of the molecule is O=c1nc(N2Cc3ccc(OC(F)F)cc3C(O)(O)C2O)cnn1Cc1cnc(C(F)(F)F)s1. The minimum atomic E-state index is -4.63. The van der Waals surface area contributed by atoms with E-state index in [1.165, 1.54) is 6.07 Å². The number of anilines is 1. The number of benzene rings is 1. The van der Waals surface area contributed by atoms with Crippen molar-refractivity contribution in [2.24, 2.45) is 0 Å². The standard InChI is InChI=1S/C18H14F5N5O5S/c19-15(20)33-9-2-1-8-6-27(14(29)17(31,32)11(8)3-9)12-5-25-28(16(30)26-12)7-10-4-24-13(34-10)18(21,22)23/h1-5,14-15,29,31-32H,6-7H2. The van der Waals surface area contributed by atoms with E-state index in [4.69, 9.17) is 0 Å². The smallest absolute Gasteiger partial charge is 0.435 e. The first kappa shape index (κ1) is 23.9. The number of fused-ring (bicyclic) bond motifs is 1. The minimum Gasteiger partial charge on any atom is -0.435 e. The number of nitrogens with zero attached hydrogens (tertiary/aromatic N) is 5. The summed E-state index contributed by atoms with van der Waals surface area (Å²) in [4.78, 5) is 20.4. The van der Waals surface area contributed by atoms with Crippen LogP contribution in [0.4, 0.5) is 27.8 Å². The molecule has 1 aromatic carbocycles. The van der Waals surface area contributed by atoms with E-state index in [-0.39, 0.29) is 40.7 Å². The summed E-state index contributed by atoms with van der Waals surface area (Å²) in [7, 11) is 0. The second-order valence-electron chi connectivity index (χ2n) is 7.11. The maximum atomic E-state index is 12.7. The number of thiazole rings is 1. The molecular weight excluding hydrogens is 493 g/mol. The van der Waals surface area contributed by atoms with Crippen LogP contribution in [0.1, 0.15) is 21.0 Å². The molecular formula is C18H14F5N5O5S. The van der Waals surface area contributed by atoms with E-state index in [1.54, 1.807) is 0 Å². The third kappa shape index (κ3) is 4.56. The lowest BCUT2D eigenvalue weighted by atomic mass is 9.92. The molecule has 2 aromatic heterocycles. The van der Waals surface area contributed by atoms with Crippen molar-refractivity contribution in [3.05, 3.63) is 62.1 Å². The number of hydrogen-bond donors (Lipinski definition) is 3. The first-order valence-corrected chi connectivity index (χ1v) is 10.1. The summed E-state index contributed by atoms with van der Waals surface area (Å²) in [5, 5.41) is 34.2. The largest absolute Gasteiger partial charge is 0.443 e. The lowest BCUT2D eigenvalue weighted by Gasteiger charge is -2.42.